The molecular formula is C16H15N7. The van der Waals surface area contributed by atoms with Gasteiger partial charge in [-0.2, -0.15) is 10.5 Å². The van der Waals surface area contributed by atoms with Crippen LogP contribution in [0.4, 0.5) is 5.69 Å². The van der Waals surface area contributed by atoms with Gasteiger partial charge < -0.3 is 9.88 Å². The summed E-state index contributed by atoms with van der Waals surface area (Å²) in [6.07, 6.45) is 1.56. The molecule has 2 aromatic heterocycles. The first kappa shape index (κ1) is 14.5. The molecular weight excluding hydrogens is 290 g/mol. The van der Waals surface area contributed by atoms with Gasteiger partial charge in [-0.25, -0.2) is 0 Å². The molecule has 0 unspecified atom stereocenters. The Morgan fingerprint density at radius 2 is 1.87 bits per heavy atom. The molecule has 0 bridgehead atoms. The van der Waals surface area contributed by atoms with Crippen molar-refractivity contribution < 1.29 is 0 Å². The molecule has 7 heteroatoms. The third-order valence-corrected chi connectivity index (χ3v) is 3.49. The Labute approximate surface area is 133 Å². The van der Waals surface area contributed by atoms with E-state index < -0.39 is 0 Å². The molecule has 0 saturated heterocycles. The average Bonchev–Trinajstić information content (AvgIpc) is 3.20. The molecule has 0 amide bonds. The Morgan fingerprint density at radius 1 is 1.17 bits per heavy atom. The topological polar surface area (TPSA) is 95.2 Å². The molecule has 0 aliphatic rings. The van der Waals surface area contributed by atoms with Crippen molar-refractivity contribution in [1.29, 1.82) is 5.26 Å². The summed E-state index contributed by atoms with van der Waals surface area (Å²) in [5.74, 6) is 0.259. The molecule has 0 spiro atoms. The van der Waals surface area contributed by atoms with Crippen molar-refractivity contribution in [3.05, 3.63) is 59.8 Å². The highest BCUT2D eigenvalue weighted by molar-refractivity contribution is 5.74. The van der Waals surface area contributed by atoms with Crippen molar-refractivity contribution in [3.63, 3.8) is 0 Å². The van der Waals surface area contributed by atoms with Crippen molar-refractivity contribution in [2.45, 2.75) is 13.8 Å². The van der Waals surface area contributed by atoms with E-state index in [1.807, 2.05) is 30.3 Å². The van der Waals surface area contributed by atoms with E-state index in [2.05, 4.69) is 56.5 Å². The van der Waals surface area contributed by atoms with Crippen molar-refractivity contribution in [1.82, 2.24) is 25.2 Å². The normalized spacial score (nSPS) is 11.3. The van der Waals surface area contributed by atoms with Crippen LogP contribution in [-0.4, -0.2) is 25.2 Å². The number of allylic oxidation sites excluding steroid dienone is 1. The van der Waals surface area contributed by atoms with Gasteiger partial charge in [0.25, 0.3) is 0 Å². The molecule has 0 aliphatic heterocycles. The van der Waals surface area contributed by atoms with Gasteiger partial charge in [0.2, 0.25) is 5.82 Å². The predicted molar refractivity (Wildman–Crippen MR) is 86.6 cm³/mol. The summed E-state index contributed by atoms with van der Waals surface area (Å²) >= 11 is 0. The van der Waals surface area contributed by atoms with Gasteiger partial charge in [0.1, 0.15) is 11.6 Å². The molecule has 3 aromatic rings. The average molecular weight is 305 g/mol. The predicted octanol–water partition coefficient (Wildman–Crippen LogP) is 2.58. The number of tetrazole rings is 1. The number of nitriles is 1. The summed E-state index contributed by atoms with van der Waals surface area (Å²) in [6, 6.07) is 14.2. The number of aromatic amines is 1. The third kappa shape index (κ3) is 2.96. The standard InChI is InChI=1S/C16H15N7/c1-11-3-4-12(2)23(11)15-7-5-14(6-8-15)18-10-13(9-17)16-19-21-22-20-16/h3-8,10,18H,1-2H3,(H,19,20,21,22). The largest absolute Gasteiger partial charge is 0.360 e. The number of nitrogens with zero attached hydrogens (tertiary/aromatic N) is 5. The minimum atomic E-state index is 0.259. The van der Waals surface area contributed by atoms with Crippen molar-refractivity contribution in [2.75, 3.05) is 5.32 Å². The van der Waals surface area contributed by atoms with E-state index >= 15 is 0 Å². The highest BCUT2D eigenvalue weighted by Gasteiger charge is 2.06. The van der Waals surface area contributed by atoms with Crippen LogP contribution >= 0.6 is 0 Å². The molecule has 0 fully saturated rings. The van der Waals surface area contributed by atoms with Crippen LogP contribution in [0.3, 0.4) is 0 Å². The summed E-state index contributed by atoms with van der Waals surface area (Å²) in [6.45, 7) is 4.15. The van der Waals surface area contributed by atoms with Crippen LogP contribution in [0, 0.1) is 25.2 Å². The smallest absolute Gasteiger partial charge is 0.216 e. The number of rotatable bonds is 4. The van der Waals surface area contributed by atoms with E-state index in [9.17, 15) is 0 Å². The molecule has 3 rings (SSSR count). The van der Waals surface area contributed by atoms with Crippen LogP contribution in [0.25, 0.3) is 11.3 Å². The Kier molecular flexibility index (Phi) is 3.89. The second-order valence-corrected chi connectivity index (χ2v) is 5.05. The number of aryl methyl sites for hydroxylation is 2. The van der Waals surface area contributed by atoms with Gasteiger partial charge in [-0.3, -0.25) is 0 Å². The first-order chi connectivity index (χ1) is 11.2. The zero-order chi connectivity index (χ0) is 16.2. The number of aromatic nitrogens is 5. The van der Waals surface area contributed by atoms with Crippen LogP contribution in [0.1, 0.15) is 17.2 Å². The van der Waals surface area contributed by atoms with Crippen LogP contribution in [0.5, 0.6) is 0 Å². The SMILES string of the molecule is Cc1ccc(C)n1-c1ccc(NC=C(C#N)c2nn[nH]n2)cc1. The molecule has 0 aliphatic carbocycles. The van der Waals surface area contributed by atoms with Crippen LogP contribution in [0.2, 0.25) is 0 Å². The third-order valence-electron chi connectivity index (χ3n) is 3.49. The molecule has 0 radical (unpaired) electrons. The molecule has 2 N–H and O–H groups in total. The molecule has 7 nitrogen and oxygen atoms in total. The second-order valence-electron chi connectivity index (χ2n) is 5.05. The number of H-pyrrole nitrogens is 1. The fourth-order valence-corrected chi connectivity index (χ4v) is 2.36. The zero-order valence-corrected chi connectivity index (χ0v) is 12.8. The van der Waals surface area contributed by atoms with Crippen LogP contribution in [-0.2, 0) is 0 Å². The summed E-state index contributed by atoms with van der Waals surface area (Å²) in [7, 11) is 0. The lowest BCUT2D eigenvalue weighted by molar-refractivity contribution is 0.881. The summed E-state index contributed by atoms with van der Waals surface area (Å²) in [5, 5.41) is 25.5. The van der Waals surface area contributed by atoms with Gasteiger partial charge in [-0.1, -0.05) is 0 Å². The minimum Gasteiger partial charge on any atom is -0.360 e. The summed E-state index contributed by atoms with van der Waals surface area (Å²) in [4.78, 5) is 0. The summed E-state index contributed by atoms with van der Waals surface area (Å²) < 4.78 is 2.18. The second kappa shape index (κ2) is 6.15. The number of benzene rings is 1. The quantitative estimate of drug-likeness (QED) is 0.722. The number of hydrogen-bond donors (Lipinski definition) is 2. The fraction of sp³-hybridized carbons (Fsp3) is 0.125. The first-order valence-electron chi connectivity index (χ1n) is 7.05. The van der Waals surface area contributed by atoms with Gasteiger partial charge in [-0.05, 0) is 55.5 Å². The lowest BCUT2D eigenvalue weighted by atomic mass is 10.2. The minimum absolute atomic E-state index is 0.259. The van der Waals surface area contributed by atoms with Crippen LogP contribution in [0.15, 0.2) is 42.6 Å². The monoisotopic (exact) mass is 305 g/mol. The van der Waals surface area contributed by atoms with Gasteiger partial charge in [0.05, 0.1) is 0 Å². The first-order valence-corrected chi connectivity index (χ1v) is 7.05. The van der Waals surface area contributed by atoms with Crippen LogP contribution < -0.4 is 5.32 Å². The van der Waals surface area contributed by atoms with Crippen molar-refractivity contribution >= 4 is 11.3 Å². The van der Waals surface area contributed by atoms with E-state index in [0.717, 1.165) is 11.4 Å². The Morgan fingerprint density at radius 3 is 2.43 bits per heavy atom. The number of nitrogens with one attached hydrogen (secondary N) is 2. The van der Waals surface area contributed by atoms with E-state index in [1.165, 1.54) is 11.4 Å². The lowest BCUT2D eigenvalue weighted by Gasteiger charge is -2.10. The maximum Gasteiger partial charge on any atom is 0.216 e. The molecule has 2 heterocycles. The van der Waals surface area contributed by atoms with Crippen molar-refractivity contribution in [3.8, 4) is 11.8 Å². The Bertz CT molecular complexity index is 845. The Balaban J connectivity index is 1.80. The van der Waals surface area contributed by atoms with E-state index in [0.29, 0.717) is 5.57 Å². The number of hydrogen-bond acceptors (Lipinski definition) is 5. The number of anilines is 1. The zero-order valence-electron chi connectivity index (χ0n) is 12.8. The van der Waals surface area contributed by atoms with E-state index in [1.54, 1.807) is 6.20 Å². The highest BCUT2D eigenvalue weighted by Crippen LogP contribution is 2.19. The van der Waals surface area contributed by atoms with E-state index in [-0.39, 0.29) is 5.82 Å². The Hall–Kier alpha value is -3.40. The van der Waals surface area contributed by atoms with Gasteiger partial charge >= 0.3 is 0 Å². The molecule has 23 heavy (non-hydrogen) atoms. The summed E-state index contributed by atoms with van der Waals surface area (Å²) in [5.41, 5.74) is 4.64. The molecule has 1 aromatic carbocycles. The maximum absolute atomic E-state index is 9.12. The molecule has 0 saturated carbocycles. The van der Waals surface area contributed by atoms with Gasteiger partial charge in [-0.15, -0.1) is 10.2 Å². The van der Waals surface area contributed by atoms with Gasteiger partial charge in [0.15, 0.2) is 0 Å². The fourth-order valence-electron chi connectivity index (χ4n) is 2.36. The lowest BCUT2D eigenvalue weighted by Crippen LogP contribution is -1.99. The van der Waals surface area contributed by atoms with Gasteiger partial charge in [0, 0.05) is 29.0 Å². The molecule has 0 atom stereocenters. The van der Waals surface area contributed by atoms with Crippen molar-refractivity contribution in [2.24, 2.45) is 0 Å². The molecule has 114 valence electrons. The van der Waals surface area contributed by atoms with E-state index in [4.69, 9.17) is 5.26 Å². The maximum atomic E-state index is 9.12. The highest BCUT2D eigenvalue weighted by atomic mass is 15.5.